The zero-order valence-electron chi connectivity index (χ0n) is 11.7. The second-order valence-corrected chi connectivity index (χ2v) is 6.94. The molecule has 3 nitrogen and oxygen atoms in total. The van der Waals surface area contributed by atoms with E-state index in [1.165, 1.54) is 0 Å². The van der Waals surface area contributed by atoms with Gasteiger partial charge in [-0.1, -0.05) is 6.07 Å². The van der Waals surface area contributed by atoms with Crippen LogP contribution in [0.1, 0.15) is 28.2 Å². The Morgan fingerprint density at radius 1 is 1.25 bits per heavy atom. The van der Waals surface area contributed by atoms with E-state index >= 15 is 0 Å². The van der Waals surface area contributed by atoms with Gasteiger partial charge in [0.25, 0.3) is 5.91 Å². The van der Waals surface area contributed by atoms with E-state index < -0.39 is 10.8 Å². The van der Waals surface area contributed by atoms with E-state index in [1.54, 1.807) is 53.8 Å². The monoisotopic (exact) mass is 307 g/mol. The minimum atomic E-state index is -1.02. The number of rotatable bonds is 4. The zero-order valence-corrected chi connectivity index (χ0v) is 13.3. The van der Waals surface area contributed by atoms with Crippen molar-refractivity contribution in [1.82, 2.24) is 4.90 Å². The first-order chi connectivity index (χ1) is 9.50. The first kappa shape index (κ1) is 14.9. The van der Waals surface area contributed by atoms with Gasteiger partial charge in [0.1, 0.15) is 0 Å². The minimum absolute atomic E-state index is 0.0284. The van der Waals surface area contributed by atoms with Crippen LogP contribution in [0.2, 0.25) is 0 Å². The van der Waals surface area contributed by atoms with Crippen LogP contribution in [-0.4, -0.2) is 28.3 Å². The van der Waals surface area contributed by atoms with E-state index in [2.05, 4.69) is 0 Å². The number of hydrogen-bond donors (Lipinski definition) is 0. The summed E-state index contributed by atoms with van der Waals surface area (Å²) in [6.07, 6.45) is 1.63. The Morgan fingerprint density at radius 3 is 2.40 bits per heavy atom. The quantitative estimate of drug-likeness (QED) is 0.869. The molecule has 0 saturated carbocycles. The highest BCUT2D eigenvalue weighted by Crippen LogP contribution is 2.24. The molecule has 106 valence electrons. The van der Waals surface area contributed by atoms with Crippen LogP contribution in [-0.2, 0) is 10.8 Å². The molecule has 2 unspecified atom stereocenters. The smallest absolute Gasteiger partial charge is 0.254 e. The minimum Gasteiger partial charge on any atom is -0.334 e. The topological polar surface area (TPSA) is 37.4 Å². The largest absolute Gasteiger partial charge is 0.334 e. The molecule has 0 spiro atoms. The van der Waals surface area contributed by atoms with Crippen molar-refractivity contribution in [3.8, 4) is 0 Å². The molecule has 0 bridgehead atoms. The van der Waals surface area contributed by atoms with Crippen LogP contribution >= 0.6 is 11.3 Å². The maximum atomic E-state index is 12.4. The Morgan fingerprint density at radius 2 is 1.90 bits per heavy atom. The van der Waals surface area contributed by atoms with Gasteiger partial charge in [0.05, 0.1) is 6.04 Å². The standard InChI is InChI=1S/C15H17NO2S2/c1-11(14-5-4-10-19-14)16(2)15(17)12-6-8-13(9-7-12)20(3)18/h4-11H,1-3H3. The fourth-order valence-corrected chi connectivity index (χ4v) is 3.23. The van der Waals surface area contributed by atoms with Crippen molar-refractivity contribution >= 4 is 28.0 Å². The lowest BCUT2D eigenvalue weighted by atomic mass is 10.1. The SMILES string of the molecule is CC(c1cccs1)N(C)C(=O)c1ccc(S(C)=O)cc1. The second kappa shape index (κ2) is 6.33. The average molecular weight is 307 g/mol. The molecule has 0 aliphatic carbocycles. The highest BCUT2D eigenvalue weighted by atomic mass is 32.2. The van der Waals surface area contributed by atoms with E-state index in [4.69, 9.17) is 0 Å². The zero-order chi connectivity index (χ0) is 14.7. The third-order valence-electron chi connectivity index (χ3n) is 3.29. The molecule has 1 aromatic carbocycles. The number of amides is 1. The number of benzene rings is 1. The summed E-state index contributed by atoms with van der Waals surface area (Å²) in [5.41, 5.74) is 0.616. The Kier molecular flexibility index (Phi) is 4.73. The lowest BCUT2D eigenvalue weighted by molar-refractivity contribution is 0.0745. The summed E-state index contributed by atoms with van der Waals surface area (Å²) in [4.78, 5) is 16.0. The molecule has 1 heterocycles. The summed E-state index contributed by atoms with van der Waals surface area (Å²) in [5, 5.41) is 2.01. The molecular weight excluding hydrogens is 290 g/mol. The number of carbonyl (C=O) groups is 1. The van der Waals surface area contributed by atoms with Crippen LogP contribution in [0.15, 0.2) is 46.7 Å². The second-order valence-electron chi connectivity index (χ2n) is 4.59. The molecule has 0 aliphatic rings. The Labute approximate surface area is 125 Å². The highest BCUT2D eigenvalue weighted by Gasteiger charge is 2.19. The lowest BCUT2D eigenvalue weighted by Gasteiger charge is -2.24. The third kappa shape index (κ3) is 3.16. The van der Waals surface area contributed by atoms with Crippen LogP contribution in [0.25, 0.3) is 0 Å². The van der Waals surface area contributed by atoms with Gasteiger partial charge in [-0.3, -0.25) is 9.00 Å². The fourth-order valence-electron chi connectivity index (χ4n) is 1.89. The van der Waals surface area contributed by atoms with Crippen LogP contribution < -0.4 is 0 Å². The van der Waals surface area contributed by atoms with E-state index in [0.717, 1.165) is 9.77 Å². The van der Waals surface area contributed by atoms with Gasteiger partial charge in [-0.2, -0.15) is 0 Å². The molecule has 5 heteroatoms. The van der Waals surface area contributed by atoms with Crippen molar-refractivity contribution in [2.24, 2.45) is 0 Å². The molecule has 20 heavy (non-hydrogen) atoms. The lowest BCUT2D eigenvalue weighted by Crippen LogP contribution is -2.29. The van der Waals surface area contributed by atoms with Crippen molar-refractivity contribution in [3.05, 3.63) is 52.2 Å². The van der Waals surface area contributed by atoms with Crippen LogP contribution in [0.3, 0.4) is 0 Å². The van der Waals surface area contributed by atoms with Crippen LogP contribution in [0.5, 0.6) is 0 Å². The molecule has 1 aromatic heterocycles. The van der Waals surface area contributed by atoms with Crippen molar-refractivity contribution in [1.29, 1.82) is 0 Å². The van der Waals surface area contributed by atoms with E-state index in [0.29, 0.717) is 5.56 Å². The fraction of sp³-hybridized carbons (Fsp3) is 0.267. The van der Waals surface area contributed by atoms with Gasteiger partial charge in [-0.25, -0.2) is 0 Å². The molecule has 0 aliphatic heterocycles. The van der Waals surface area contributed by atoms with E-state index in [9.17, 15) is 9.00 Å². The van der Waals surface area contributed by atoms with E-state index in [1.807, 2.05) is 24.4 Å². The molecular formula is C15H17NO2S2. The predicted octanol–water partition coefficient (Wildman–Crippen LogP) is 3.32. The molecule has 2 atom stereocenters. The Balaban J connectivity index is 2.16. The van der Waals surface area contributed by atoms with Crippen molar-refractivity contribution in [3.63, 3.8) is 0 Å². The molecule has 0 fully saturated rings. The average Bonchev–Trinajstić information content (AvgIpc) is 2.99. The number of carbonyl (C=O) groups excluding carboxylic acids is 1. The highest BCUT2D eigenvalue weighted by molar-refractivity contribution is 7.84. The first-order valence-corrected chi connectivity index (χ1v) is 8.68. The number of hydrogen-bond acceptors (Lipinski definition) is 3. The van der Waals surface area contributed by atoms with Crippen LogP contribution in [0.4, 0.5) is 0 Å². The Bertz CT molecular complexity index is 605. The molecule has 0 radical (unpaired) electrons. The van der Waals surface area contributed by atoms with Gasteiger partial charge in [0.2, 0.25) is 0 Å². The van der Waals surface area contributed by atoms with Crippen molar-refractivity contribution in [2.75, 3.05) is 13.3 Å². The first-order valence-electron chi connectivity index (χ1n) is 6.24. The summed E-state index contributed by atoms with van der Waals surface area (Å²) >= 11 is 1.64. The predicted molar refractivity (Wildman–Crippen MR) is 83.6 cm³/mol. The molecule has 1 amide bonds. The summed E-state index contributed by atoms with van der Waals surface area (Å²) < 4.78 is 11.3. The molecule has 0 N–H and O–H groups in total. The molecule has 0 saturated heterocycles. The van der Waals surface area contributed by atoms with Gasteiger partial charge in [0.15, 0.2) is 0 Å². The number of nitrogens with zero attached hydrogens (tertiary/aromatic N) is 1. The maximum absolute atomic E-state index is 12.4. The maximum Gasteiger partial charge on any atom is 0.254 e. The third-order valence-corrected chi connectivity index (χ3v) is 5.27. The summed E-state index contributed by atoms with van der Waals surface area (Å²) in [7, 11) is 0.787. The van der Waals surface area contributed by atoms with E-state index in [-0.39, 0.29) is 11.9 Å². The van der Waals surface area contributed by atoms with Gasteiger partial charge in [-0.15, -0.1) is 11.3 Å². The van der Waals surface area contributed by atoms with Gasteiger partial charge in [0, 0.05) is 39.4 Å². The number of thiophene rings is 1. The molecule has 2 aromatic rings. The summed E-state index contributed by atoms with van der Waals surface area (Å²) in [6, 6.07) is 11.0. The Hall–Kier alpha value is -1.46. The van der Waals surface area contributed by atoms with Gasteiger partial charge < -0.3 is 4.90 Å². The van der Waals surface area contributed by atoms with Crippen molar-refractivity contribution in [2.45, 2.75) is 17.9 Å². The van der Waals surface area contributed by atoms with Gasteiger partial charge in [-0.05, 0) is 42.6 Å². The normalized spacial score (nSPS) is 13.8. The van der Waals surface area contributed by atoms with Crippen molar-refractivity contribution < 1.29 is 9.00 Å². The molecule has 2 rings (SSSR count). The summed E-state index contributed by atoms with van der Waals surface area (Å²) in [6.45, 7) is 2.01. The summed E-state index contributed by atoms with van der Waals surface area (Å²) in [5.74, 6) is -0.0284. The van der Waals surface area contributed by atoms with Crippen LogP contribution in [0, 0.1) is 0 Å². The van der Waals surface area contributed by atoms with Gasteiger partial charge >= 0.3 is 0 Å².